The fraction of sp³-hybridized carbons (Fsp3) is 0.556. The van der Waals surface area contributed by atoms with Gasteiger partial charge < -0.3 is 5.43 Å². The van der Waals surface area contributed by atoms with Gasteiger partial charge >= 0.3 is 6.18 Å². The van der Waals surface area contributed by atoms with E-state index in [2.05, 4.69) is 15.4 Å². The molecule has 1 aliphatic carbocycles. The van der Waals surface area contributed by atoms with Crippen molar-refractivity contribution in [2.45, 2.75) is 31.9 Å². The highest BCUT2D eigenvalue weighted by molar-refractivity contribution is 5.47. The Labute approximate surface area is 90.0 Å². The number of hydrogen-bond acceptors (Lipinski definition) is 4. The Morgan fingerprint density at radius 3 is 2.62 bits per heavy atom. The molecule has 0 amide bonds. The van der Waals surface area contributed by atoms with Gasteiger partial charge in [-0.15, -0.1) is 0 Å². The van der Waals surface area contributed by atoms with Crippen molar-refractivity contribution >= 4 is 5.82 Å². The van der Waals surface area contributed by atoms with Crippen molar-refractivity contribution in [2.24, 2.45) is 5.84 Å². The van der Waals surface area contributed by atoms with Gasteiger partial charge in [0.15, 0.2) is 0 Å². The normalized spacial score (nSPS) is 15.0. The van der Waals surface area contributed by atoms with E-state index < -0.39 is 12.6 Å². The molecule has 88 valence electrons. The Balaban J connectivity index is 2.35. The Kier molecular flexibility index (Phi) is 2.71. The first-order valence-electron chi connectivity index (χ1n) is 4.91. The van der Waals surface area contributed by atoms with E-state index in [9.17, 15) is 13.2 Å². The average Bonchev–Trinajstić information content (AvgIpc) is 2.61. The van der Waals surface area contributed by atoms with Crippen molar-refractivity contribution in [2.75, 3.05) is 5.43 Å². The third kappa shape index (κ3) is 2.24. The van der Waals surface area contributed by atoms with Gasteiger partial charge in [0.05, 0.1) is 0 Å². The molecule has 16 heavy (non-hydrogen) atoms. The van der Waals surface area contributed by atoms with E-state index in [-0.39, 0.29) is 5.82 Å². The number of nitrogens with one attached hydrogen (secondary N) is 1. The van der Waals surface area contributed by atoms with Crippen molar-refractivity contribution < 1.29 is 13.2 Å². The predicted molar refractivity (Wildman–Crippen MR) is 51.6 cm³/mol. The zero-order valence-electron chi connectivity index (χ0n) is 8.43. The highest BCUT2D eigenvalue weighted by atomic mass is 19.4. The van der Waals surface area contributed by atoms with Gasteiger partial charge in [0.1, 0.15) is 18.1 Å². The molecule has 0 saturated heterocycles. The number of fused-ring (bicyclic) bond motifs is 1. The number of nitrogens with two attached hydrogens (primary N) is 1. The first kappa shape index (κ1) is 11.1. The molecule has 1 aliphatic rings. The van der Waals surface area contributed by atoms with Crippen molar-refractivity contribution in [3.8, 4) is 0 Å². The summed E-state index contributed by atoms with van der Waals surface area (Å²) in [6.07, 6.45) is -3.07. The first-order valence-corrected chi connectivity index (χ1v) is 4.91. The van der Waals surface area contributed by atoms with Gasteiger partial charge in [-0.2, -0.15) is 13.2 Å². The molecule has 0 fully saturated rings. The van der Waals surface area contributed by atoms with E-state index in [0.717, 1.165) is 18.4 Å². The fourth-order valence-corrected chi connectivity index (χ4v) is 1.86. The summed E-state index contributed by atoms with van der Waals surface area (Å²) in [7, 11) is 0. The van der Waals surface area contributed by atoms with Gasteiger partial charge in [-0.1, -0.05) is 0 Å². The van der Waals surface area contributed by atoms with Crippen LogP contribution in [-0.4, -0.2) is 16.1 Å². The van der Waals surface area contributed by atoms with Crippen molar-refractivity contribution in [3.63, 3.8) is 0 Å². The van der Waals surface area contributed by atoms with E-state index >= 15 is 0 Å². The molecular formula is C9H11F3N4. The van der Waals surface area contributed by atoms with Crippen LogP contribution in [0.1, 0.15) is 23.5 Å². The molecule has 4 nitrogen and oxygen atoms in total. The van der Waals surface area contributed by atoms with Crippen molar-refractivity contribution in [3.05, 3.63) is 17.1 Å². The van der Waals surface area contributed by atoms with Crippen LogP contribution >= 0.6 is 0 Å². The average molecular weight is 232 g/mol. The third-order valence-electron chi connectivity index (χ3n) is 2.47. The van der Waals surface area contributed by atoms with Gasteiger partial charge in [0, 0.05) is 11.3 Å². The minimum absolute atomic E-state index is 0.221. The number of halogens is 3. The lowest BCUT2D eigenvalue weighted by atomic mass is 10.2. The van der Waals surface area contributed by atoms with Crippen LogP contribution in [0.2, 0.25) is 0 Å². The van der Waals surface area contributed by atoms with Crippen LogP contribution in [0.25, 0.3) is 0 Å². The first-order chi connectivity index (χ1) is 7.49. The molecule has 1 aromatic rings. The van der Waals surface area contributed by atoms with E-state index in [1.165, 1.54) is 0 Å². The van der Waals surface area contributed by atoms with Crippen molar-refractivity contribution in [1.82, 2.24) is 9.97 Å². The summed E-state index contributed by atoms with van der Waals surface area (Å²) in [4.78, 5) is 7.70. The Hall–Kier alpha value is -1.37. The predicted octanol–water partition coefficient (Wildman–Crippen LogP) is 1.36. The zero-order valence-corrected chi connectivity index (χ0v) is 8.43. The highest BCUT2D eigenvalue weighted by Crippen LogP contribution is 2.27. The van der Waals surface area contributed by atoms with Gasteiger partial charge in [-0.25, -0.2) is 15.8 Å². The Morgan fingerprint density at radius 1 is 1.25 bits per heavy atom. The second kappa shape index (κ2) is 3.89. The maximum absolute atomic E-state index is 12.2. The molecule has 0 spiro atoms. The van der Waals surface area contributed by atoms with Crippen LogP contribution in [0, 0.1) is 0 Å². The van der Waals surface area contributed by atoms with E-state index in [1.807, 2.05) is 0 Å². The number of aryl methyl sites for hydroxylation is 1. The molecule has 0 saturated carbocycles. The third-order valence-corrected chi connectivity index (χ3v) is 2.47. The lowest BCUT2D eigenvalue weighted by molar-refractivity contribution is -0.128. The number of alkyl halides is 3. The maximum atomic E-state index is 12.2. The molecule has 0 bridgehead atoms. The standard InChI is InChI=1S/C9H11F3N4/c10-9(11,12)4-7-14-6-3-1-2-5(6)8(15-7)16-13/h1-4,13H2,(H,14,15,16). The van der Waals surface area contributed by atoms with Gasteiger partial charge in [0.25, 0.3) is 0 Å². The number of nitrogen functional groups attached to an aromatic ring is 1. The van der Waals surface area contributed by atoms with E-state index in [1.54, 1.807) is 0 Å². The molecule has 1 heterocycles. The molecule has 7 heteroatoms. The summed E-state index contributed by atoms with van der Waals surface area (Å²) in [5.41, 5.74) is 3.86. The second-order valence-electron chi connectivity index (χ2n) is 3.70. The molecule has 0 atom stereocenters. The number of rotatable bonds is 2. The molecular weight excluding hydrogens is 221 g/mol. The largest absolute Gasteiger partial charge is 0.396 e. The van der Waals surface area contributed by atoms with Crippen LogP contribution in [0.5, 0.6) is 0 Å². The smallest absolute Gasteiger partial charge is 0.308 e. The fourth-order valence-electron chi connectivity index (χ4n) is 1.86. The minimum Gasteiger partial charge on any atom is -0.308 e. The van der Waals surface area contributed by atoms with E-state index in [0.29, 0.717) is 17.9 Å². The lowest BCUT2D eigenvalue weighted by Crippen LogP contribution is -2.18. The number of nitrogens with zero attached hydrogens (tertiary/aromatic N) is 2. The molecule has 2 rings (SSSR count). The number of aromatic nitrogens is 2. The number of hydrogen-bond donors (Lipinski definition) is 2. The molecule has 3 N–H and O–H groups in total. The van der Waals surface area contributed by atoms with Gasteiger partial charge in [-0.05, 0) is 19.3 Å². The number of hydrazine groups is 1. The monoisotopic (exact) mass is 232 g/mol. The van der Waals surface area contributed by atoms with E-state index in [4.69, 9.17) is 5.84 Å². The van der Waals surface area contributed by atoms with Crippen LogP contribution in [0.15, 0.2) is 0 Å². The summed E-state index contributed by atoms with van der Waals surface area (Å²) in [5.74, 6) is 5.33. The summed E-state index contributed by atoms with van der Waals surface area (Å²) in [6.45, 7) is 0. The summed E-state index contributed by atoms with van der Waals surface area (Å²) in [6, 6.07) is 0. The number of anilines is 1. The molecule has 0 radical (unpaired) electrons. The SMILES string of the molecule is NNc1nc(CC(F)(F)F)nc2c1CCC2. The Bertz CT molecular complexity index is 402. The highest BCUT2D eigenvalue weighted by Gasteiger charge is 2.30. The quantitative estimate of drug-likeness (QED) is 0.597. The maximum Gasteiger partial charge on any atom is 0.396 e. The molecule has 1 aromatic heterocycles. The lowest BCUT2D eigenvalue weighted by Gasteiger charge is -2.10. The Morgan fingerprint density at radius 2 is 2.00 bits per heavy atom. The summed E-state index contributed by atoms with van der Waals surface area (Å²) >= 11 is 0. The van der Waals surface area contributed by atoms with Gasteiger partial charge in [0.2, 0.25) is 0 Å². The summed E-state index contributed by atoms with van der Waals surface area (Å²) < 4.78 is 36.6. The van der Waals surface area contributed by atoms with Crippen molar-refractivity contribution in [1.29, 1.82) is 0 Å². The molecule has 0 unspecified atom stereocenters. The topological polar surface area (TPSA) is 63.8 Å². The van der Waals surface area contributed by atoms with Crippen LogP contribution in [0.3, 0.4) is 0 Å². The summed E-state index contributed by atoms with van der Waals surface area (Å²) in [5, 5.41) is 0. The molecule has 0 aromatic carbocycles. The van der Waals surface area contributed by atoms with Crippen LogP contribution < -0.4 is 11.3 Å². The molecule has 0 aliphatic heterocycles. The van der Waals surface area contributed by atoms with Crippen LogP contribution in [0.4, 0.5) is 19.0 Å². The van der Waals surface area contributed by atoms with Crippen LogP contribution in [-0.2, 0) is 19.3 Å². The zero-order chi connectivity index (χ0) is 11.8. The minimum atomic E-state index is -4.29. The second-order valence-corrected chi connectivity index (χ2v) is 3.70. The van der Waals surface area contributed by atoms with Gasteiger partial charge in [-0.3, -0.25) is 0 Å².